The number of rotatable bonds is 10. The first-order valence-electron chi connectivity index (χ1n) is 7.54. The first-order valence-corrected chi connectivity index (χ1v) is 8.98. The Morgan fingerprint density at radius 3 is 1.54 bits per heavy atom. The molecule has 0 bridgehead atoms. The minimum absolute atomic E-state index is 0.0141. The van der Waals surface area contributed by atoms with Crippen molar-refractivity contribution in [3.63, 3.8) is 0 Å². The van der Waals surface area contributed by atoms with Crippen molar-refractivity contribution in [2.24, 2.45) is 0 Å². The molecule has 13 heteroatoms. The zero-order chi connectivity index (χ0) is 21.4. The molecule has 0 atom stereocenters. The van der Waals surface area contributed by atoms with Gasteiger partial charge in [0.05, 0.1) is 0 Å². The molecule has 0 saturated heterocycles. The van der Waals surface area contributed by atoms with E-state index in [-0.39, 0.29) is 6.42 Å². The Morgan fingerprint density at radius 2 is 1.19 bits per heavy atom. The van der Waals surface area contributed by atoms with Gasteiger partial charge in [0.25, 0.3) is 0 Å². The molecule has 0 heterocycles. The van der Waals surface area contributed by atoms with Crippen LogP contribution >= 0.6 is 0 Å². The van der Waals surface area contributed by atoms with Crippen molar-refractivity contribution >= 4 is 10.1 Å². The summed E-state index contributed by atoms with van der Waals surface area (Å²) in [5.74, 6) is -19.3. The summed E-state index contributed by atoms with van der Waals surface area (Å²) in [4.78, 5) is 0. The molecule has 2 N–H and O–H groups in total. The first-order chi connectivity index (χ1) is 11.5. The minimum Gasteiger partial charge on any atom is -0.323 e. The van der Waals surface area contributed by atoms with Crippen molar-refractivity contribution in [2.75, 3.05) is 14.1 Å². The molecule has 160 valence electrons. The average molecular weight is 425 g/mol. The summed E-state index contributed by atoms with van der Waals surface area (Å²) in [6.07, 6.45) is -0.864. The molecular formula is C13H23F8NO3S. The Hall–Kier alpha value is -0.690. The second-order valence-corrected chi connectivity index (χ2v) is 6.97. The predicted octanol–water partition coefficient (Wildman–Crippen LogP) is 4.57. The summed E-state index contributed by atoms with van der Waals surface area (Å²) >= 11 is 0. The zero-order valence-corrected chi connectivity index (χ0v) is 15.3. The van der Waals surface area contributed by atoms with E-state index < -0.39 is 46.0 Å². The summed E-state index contributed by atoms with van der Waals surface area (Å²) < 4.78 is 133. The van der Waals surface area contributed by atoms with Gasteiger partial charge in [-0.3, -0.25) is 4.55 Å². The minimum atomic E-state index is -7.03. The van der Waals surface area contributed by atoms with Crippen LogP contribution in [0.5, 0.6) is 0 Å². The van der Waals surface area contributed by atoms with Crippen LogP contribution in [-0.2, 0) is 10.1 Å². The molecule has 0 saturated carbocycles. The molecule has 0 aliphatic rings. The predicted molar refractivity (Wildman–Crippen MR) is 79.7 cm³/mol. The van der Waals surface area contributed by atoms with Crippen LogP contribution in [0.25, 0.3) is 0 Å². The van der Waals surface area contributed by atoms with Crippen molar-refractivity contribution in [1.29, 1.82) is 0 Å². The third-order valence-electron chi connectivity index (χ3n) is 3.14. The maximum atomic E-state index is 13.3. The molecule has 0 aromatic heterocycles. The molecule has 0 rings (SSSR count). The lowest BCUT2D eigenvalue weighted by Crippen LogP contribution is -2.64. The summed E-state index contributed by atoms with van der Waals surface area (Å²) in [6.45, 7) is 1.76. The van der Waals surface area contributed by atoms with E-state index in [1.165, 1.54) is 0 Å². The fourth-order valence-electron chi connectivity index (χ4n) is 1.68. The van der Waals surface area contributed by atoms with E-state index in [2.05, 4.69) is 5.32 Å². The molecular weight excluding hydrogens is 402 g/mol. The van der Waals surface area contributed by atoms with Gasteiger partial charge in [-0.25, -0.2) is 0 Å². The van der Waals surface area contributed by atoms with Crippen molar-refractivity contribution in [3.8, 4) is 0 Å². The molecule has 0 spiro atoms. The topological polar surface area (TPSA) is 66.4 Å². The number of nitrogens with one attached hydrogen (secondary N) is 1. The van der Waals surface area contributed by atoms with Crippen LogP contribution in [-0.4, -0.2) is 50.1 Å². The van der Waals surface area contributed by atoms with Crippen molar-refractivity contribution in [1.82, 2.24) is 5.32 Å². The van der Waals surface area contributed by atoms with Gasteiger partial charge in [-0.05, 0) is 20.5 Å². The van der Waals surface area contributed by atoms with Crippen LogP contribution in [0.1, 0.15) is 45.4 Å². The van der Waals surface area contributed by atoms with Gasteiger partial charge in [0.15, 0.2) is 0 Å². The number of halogens is 8. The van der Waals surface area contributed by atoms with E-state index in [1.807, 2.05) is 14.1 Å². The SMILES string of the molecule is CCCCCCCC(F)(F)C(F)(F)C(F)(F)C(F)(F)S(=O)(=O)O.CNC. The average Bonchev–Trinajstić information content (AvgIpc) is 2.46. The highest BCUT2D eigenvalue weighted by Crippen LogP contribution is 2.55. The van der Waals surface area contributed by atoms with Crippen molar-refractivity contribution in [3.05, 3.63) is 0 Å². The van der Waals surface area contributed by atoms with Crippen LogP contribution in [0.15, 0.2) is 0 Å². The van der Waals surface area contributed by atoms with Gasteiger partial charge in [0.2, 0.25) is 0 Å². The third-order valence-corrected chi connectivity index (χ3v) is 4.04. The highest BCUT2D eigenvalue weighted by atomic mass is 32.2. The van der Waals surface area contributed by atoms with Crippen LogP contribution in [0.4, 0.5) is 35.1 Å². The normalized spacial score (nSPS) is 14.0. The van der Waals surface area contributed by atoms with E-state index in [4.69, 9.17) is 4.55 Å². The Kier molecular flexibility index (Phi) is 10.6. The number of unbranched alkanes of at least 4 members (excludes halogenated alkanes) is 4. The molecule has 0 amide bonds. The number of alkyl halides is 8. The summed E-state index contributed by atoms with van der Waals surface area (Å²) in [5.41, 5.74) is 0. The Balaban J connectivity index is 0. The number of hydrogen-bond donors (Lipinski definition) is 2. The van der Waals surface area contributed by atoms with E-state index >= 15 is 0 Å². The molecule has 0 aliphatic carbocycles. The summed E-state index contributed by atoms with van der Waals surface area (Å²) in [5, 5.41) is -4.02. The molecule has 0 fully saturated rings. The van der Waals surface area contributed by atoms with Crippen LogP contribution < -0.4 is 5.32 Å². The molecule has 0 unspecified atom stereocenters. The monoisotopic (exact) mass is 425 g/mol. The van der Waals surface area contributed by atoms with E-state index in [1.54, 1.807) is 6.92 Å². The van der Waals surface area contributed by atoms with Crippen LogP contribution in [0.3, 0.4) is 0 Å². The first kappa shape index (κ1) is 27.5. The van der Waals surface area contributed by atoms with E-state index in [0.717, 1.165) is 0 Å². The van der Waals surface area contributed by atoms with Gasteiger partial charge in [-0.1, -0.05) is 32.6 Å². The van der Waals surface area contributed by atoms with Gasteiger partial charge in [-0.15, -0.1) is 0 Å². The lowest BCUT2D eigenvalue weighted by Gasteiger charge is -2.35. The Morgan fingerprint density at radius 1 is 0.808 bits per heavy atom. The molecule has 0 aliphatic heterocycles. The molecule has 0 aromatic carbocycles. The fraction of sp³-hybridized carbons (Fsp3) is 1.00. The maximum absolute atomic E-state index is 13.3. The van der Waals surface area contributed by atoms with Crippen molar-refractivity contribution < 1.29 is 48.1 Å². The van der Waals surface area contributed by atoms with E-state index in [0.29, 0.717) is 19.3 Å². The van der Waals surface area contributed by atoms with Gasteiger partial charge in [0.1, 0.15) is 0 Å². The van der Waals surface area contributed by atoms with Crippen LogP contribution in [0.2, 0.25) is 0 Å². The summed E-state index contributed by atoms with van der Waals surface area (Å²) in [6, 6.07) is 0. The largest absolute Gasteiger partial charge is 0.438 e. The highest BCUT2D eigenvalue weighted by molar-refractivity contribution is 7.87. The summed E-state index contributed by atoms with van der Waals surface area (Å²) in [7, 11) is -3.28. The van der Waals surface area contributed by atoms with Crippen molar-refractivity contribution in [2.45, 2.75) is 68.5 Å². The molecule has 26 heavy (non-hydrogen) atoms. The maximum Gasteiger partial charge on any atom is 0.438 e. The quantitative estimate of drug-likeness (QED) is 0.306. The van der Waals surface area contributed by atoms with Gasteiger partial charge in [0, 0.05) is 6.42 Å². The van der Waals surface area contributed by atoms with Gasteiger partial charge < -0.3 is 5.32 Å². The zero-order valence-electron chi connectivity index (χ0n) is 14.4. The number of hydrogen-bond acceptors (Lipinski definition) is 3. The van der Waals surface area contributed by atoms with Gasteiger partial charge >= 0.3 is 33.1 Å². The van der Waals surface area contributed by atoms with Gasteiger partial charge in [-0.2, -0.15) is 43.5 Å². The smallest absolute Gasteiger partial charge is 0.323 e. The molecule has 4 nitrogen and oxygen atoms in total. The van der Waals surface area contributed by atoms with Crippen LogP contribution in [0, 0.1) is 0 Å². The lowest BCUT2D eigenvalue weighted by atomic mass is 9.98. The third kappa shape index (κ3) is 6.19. The Bertz CT molecular complexity index is 512. The fourth-order valence-corrected chi connectivity index (χ4v) is 2.13. The lowest BCUT2D eigenvalue weighted by molar-refractivity contribution is -0.349. The highest BCUT2D eigenvalue weighted by Gasteiger charge is 2.84. The Labute approximate surface area is 147 Å². The standard InChI is InChI=1S/C11H16F8O3S.C2H7N/c1-2-3-4-5-6-7-8(12,13)9(14,15)10(16,17)11(18,19)23(20,21)22;1-3-2/h2-7H2,1H3,(H,20,21,22);3H,1-2H3. The second kappa shape index (κ2) is 10.0. The molecule has 0 radical (unpaired) electrons. The van der Waals surface area contributed by atoms with E-state index in [9.17, 15) is 43.5 Å². The second-order valence-electron chi connectivity index (χ2n) is 5.51. The molecule has 0 aromatic rings.